The van der Waals surface area contributed by atoms with Crippen LogP contribution in [-0.2, 0) is 32.5 Å². The molecule has 0 radical (unpaired) electrons. The quantitative estimate of drug-likeness (QED) is 0.674. The molecule has 3 heterocycles. The van der Waals surface area contributed by atoms with Crippen LogP contribution in [0.5, 0.6) is 0 Å². The third-order valence-corrected chi connectivity index (χ3v) is 9.33. The minimum absolute atomic E-state index is 0.0294. The van der Waals surface area contributed by atoms with Crippen molar-refractivity contribution in [1.29, 1.82) is 0 Å². The van der Waals surface area contributed by atoms with Crippen LogP contribution < -0.4 is 9.80 Å². The Kier molecular flexibility index (Phi) is 5.98. The molecule has 0 aliphatic carbocycles. The lowest BCUT2D eigenvalue weighted by Gasteiger charge is -2.34. The molecule has 0 N–H and O–H groups in total. The van der Waals surface area contributed by atoms with E-state index in [9.17, 15) is 18.0 Å². The number of carbonyl (C=O) groups excluding carboxylic acids is 2. The monoisotopic (exact) mass is 481 g/mol. The number of benzene rings is 2. The summed E-state index contributed by atoms with van der Waals surface area (Å²) in [4.78, 5) is 29.2. The number of sulfonamides is 1. The molecule has 2 amide bonds. The number of hydrogen-bond acceptors (Lipinski definition) is 4. The Morgan fingerprint density at radius 1 is 0.941 bits per heavy atom. The summed E-state index contributed by atoms with van der Waals surface area (Å²) < 4.78 is 28.3. The lowest BCUT2D eigenvalue weighted by atomic mass is 9.96. The summed E-state index contributed by atoms with van der Waals surface area (Å²) >= 11 is 0. The summed E-state index contributed by atoms with van der Waals surface area (Å²) in [5.41, 5.74) is 3.89. The molecule has 1 saturated heterocycles. The van der Waals surface area contributed by atoms with Crippen LogP contribution in [0.2, 0.25) is 0 Å². The van der Waals surface area contributed by atoms with E-state index in [2.05, 4.69) is 13.0 Å². The summed E-state index contributed by atoms with van der Waals surface area (Å²) in [6, 6.07) is 13.2. The van der Waals surface area contributed by atoms with Gasteiger partial charge in [0.05, 0.1) is 4.90 Å². The summed E-state index contributed by atoms with van der Waals surface area (Å²) in [7, 11) is -3.66. The summed E-state index contributed by atoms with van der Waals surface area (Å²) in [5, 5.41) is 0. The Bertz CT molecular complexity index is 1230. The van der Waals surface area contributed by atoms with Crippen molar-refractivity contribution in [2.45, 2.75) is 56.9 Å². The molecular formula is C26H31N3O4S. The first-order valence-electron chi connectivity index (χ1n) is 12.1. The fourth-order valence-corrected chi connectivity index (χ4v) is 7.17. The Balaban J connectivity index is 1.29. The van der Waals surface area contributed by atoms with Gasteiger partial charge in [-0.1, -0.05) is 18.2 Å². The van der Waals surface area contributed by atoms with E-state index in [4.69, 9.17) is 0 Å². The van der Waals surface area contributed by atoms with E-state index in [1.54, 1.807) is 23.1 Å². The highest BCUT2D eigenvalue weighted by Gasteiger charge is 2.38. The highest BCUT2D eigenvalue weighted by Crippen LogP contribution is 2.36. The van der Waals surface area contributed by atoms with Crippen molar-refractivity contribution in [3.05, 3.63) is 53.6 Å². The number of amides is 2. The van der Waals surface area contributed by atoms with E-state index < -0.39 is 10.0 Å². The third-order valence-electron chi connectivity index (χ3n) is 7.44. The first kappa shape index (κ1) is 23.1. The lowest BCUT2D eigenvalue weighted by molar-refractivity contribution is -0.123. The van der Waals surface area contributed by atoms with E-state index >= 15 is 0 Å². The number of nitrogens with zero attached hydrogens (tertiary/aromatic N) is 3. The molecule has 7 nitrogen and oxygen atoms in total. The van der Waals surface area contributed by atoms with Crippen molar-refractivity contribution in [1.82, 2.24) is 4.31 Å². The van der Waals surface area contributed by atoms with Gasteiger partial charge in [-0.05, 0) is 74.4 Å². The predicted molar refractivity (Wildman–Crippen MR) is 131 cm³/mol. The molecule has 0 spiro atoms. The molecule has 2 aromatic carbocycles. The maximum Gasteiger partial charge on any atom is 0.243 e. The molecule has 180 valence electrons. The lowest BCUT2D eigenvalue weighted by Crippen LogP contribution is -2.46. The SMILES string of the molecule is CC(=O)N1CCCc2cc(S(=O)(=O)N3CCC(C(=O)N4c5ccccc5C[C@H]4C)CC3)ccc21. The highest BCUT2D eigenvalue weighted by molar-refractivity contribution is 7.89. The van der Waals surface area contributed by atoms with Crippen molar-refractivity contribution in [3.63, 3.8) is 0 Å². The first-order valence-corrected chi connectivity index (χ1v) is 13.5. The topological polar surface area (TPSA) is 78.0 Å². The number of hydrogen-bond donors (Lipinski definition) is 0. The zero-order valence-electron chi connectivity index (χ0n) is 19.7. The van der Waals surface area contributed by atoms with Gasteiger partial charge >= 0.3 is 0 Å². The Morgan fingerprint density at radius 3 is 2.41 bits per heavy atom. The average Bonchev–Trinajstić information content (AvgIpc) is 3.18. The van der Waals surface area contributed by atoms with Crippen LogP contribution >= 0.6 is 0 Å². The van der Waals surface area contributed by atoms with Gasteiger partial charge in [0.15, 0.2) is 0 Å². The second-order valence-corrected chi connectivity index (χ2v) is 11.6. The molecule has 1 fully saturated rings. The van der Waals surface area contributed by atoms with Crippen LogP contribution in [0.3, 0.4) is 0 Å². The fourth-order valence-electron chi connectivity index (χ4n) is 5.65. The largest absolute Gasteiger partial charge is 0.312 e. The number of para-hydroxylation sites is 1. The zero-order chi connectivity index (χ0) is 24.0. The number of anilines is 2. The van der Waals surface area contributed by atoms with Gasteiger partial charge in [0.2, 0.25) is 21.8 Å². The van der Waals surface area contributed by atoms with Gasteiger partial charge in [0.1, 0.15) is 0 Å². The minimum atomic E-state index is -3.66. The smallest absolute Gasteiger partial charge is 0.243 e. The third kappa shape index (κ3) is 3.92. The minimum Gasteiger partial charge on any atom is -0.312 e. The van der Waals surface area contributed by atoms with E-state index in [-0.39, 0.29) is 28.7 Å². The van der Waals surface area contributed by atoms with Crippen molar-refractivity contribution in [2.24, 2.45) is 5.92 Å². The Labute approximate surface area is 201 Å². The van der Waals surface area contributed by atoms with Crippen LogP contribution in [0.1, 0.15) is 44.2 Å². The van der Waals surface area contributed by atoms with Gasteiger partial charge in [0.25, 0.3) is 0 Å². The number of aryl methyl sites for hydroxylation is 1. The molecule has 3 aliphatic heterocycles. The molecule has 34 heavy (non-hydrogen) atoms. The summed E-state index contributed by atoms with van der Waals surface area (Å²) in [6.07, 6.45) is 3.48. The molecule has 0 unspecified atom stereocenters. The molecule has 0 bridgehead atoms. The standard InChI is InChI=1S/C26H31N3O4S/c1-18-16-21-6-3-4-8-25(21)29(18)26(31)20-11-14-27(15-12-20)34(32,33)23-9-10-24-22(17-23)7-5-13-28(24)19(2)30/h3-4,6,8-10,17-18,20H,5,7,11-16H2,1-2H3/t18-/m1/s1. The van der Waals surface area contributed by atoms with Crippen LogP contribution in [0, 0.1) is 5.92 Å². The maximum atomic E-state index is 13.4. The number of fused-ring (bicyclic) bond motifs is 2. The van der Waals surface area contributed by atoms with Gasteiger partial charge in [-0.25, -0.2) is 8.42 Å². The van der Waals surface area contributed by atoms with Crippen LogP contribution in [0.15, 0.2) is 47.4 Å². The van der Waals surface area contributed by atoms with Gasteiger partial charge in [-0.3, -0.25) is 9.59 Å². The summed E-state index contributed by atoms with van der Waals surface area (Å²) in [5.74, 6) is -0.0986. The Hall–Kier alpha value is -2.71. The van der Waals surface area contributed by atoms with Gasteiger partial charge in [0, 0.05) is 49.9 Å². The van der Waals surface area contributed by atoms with E-state index in [1.807, 2.05) is 23.1 Å². The fraction of sp³-hybridized carbons (Fsp3) is 0.462. The van der Waals surface area contributed by atoms with Crippen molar-refractivity contribution >= 4 is 33.2 Å². The van der Waals surface area contributed by atoms with Crippen LogP contribution in [0.25, 0.3) is 0 Å². The second kappa shape index (κ2) is 8.82. The second-order valence-electron chi connectivity index (χ2n) is 9.63. The van der Waals surface area contributed by atoms with Crippen molar-refractivity contribution in [3.8, 4) is 0 Å². The molecule has 1 atom stereocenters. The maximum absolute atomic E-state index is 13.4. The molecule has 5 rings (SSSR count). The summed E-state index contributed by atoms with van der Waals surface area (Å²) in [6.45, 7) is 4.93. The predicted octanol–water partition coefficient (Wildman–Crippen LogP) is 3.36. The highest BCUT2D eigenvalue weighted by atomic mass is 32.2. The van der Waals surface area contributed by atoms with E-state index in [0.717, 1.165) is 36.2 Å². The number of rotatable bonds is 3. The van der Waals surface area contributed by atoms with Crippen molar-refractivity contribution in [2.75, 3.05) is 29.4 Å². The van der Waals surface area contributed by atoms with Gasteiger partial charge < -0.3 is 9.80 Å². The Morgan fingerprint density at radius 2 is 1.68 bits per heavy atom. The number of piperidine rings is 1. The normalized spacial score (nSPS) is 21.3. The van der Waals surface area contributed by atoms with Crippen LogP contribution in [0.4, 0.5) is 11.4 Å². The van der Waals surface area contributed by atoms with Gasteiger partial charge in [-0.2, -0.15) is 4.31 Å². The van der Waals surface area contributed by atoms with Crippen LogP contribution in [-0.4, -0.2) is 50.2 Å². The molecule has 0 aromatic heterocycles. The average molecular weight is 482 g/mol. The molecule has 8 heteroatoms. The molecule has 3 aliphatic rings. The zero-order valence-corrected chi connectivity index (χ0v) is 20.6. The van der Waals surface area contributed by atoms with Crippen molar-refractivity contribution < 1.29 is 18.0 Å². The number of carbonyl (C=O) groups is 2. The van der Waals surface area contributed by atoms with E-state index in [1.165, 1.54) is 16.8 Å². The first-order chi connectivity index (χ1) is 16.3. The van der Waals surface area contributed by atoms with Gasteiger partial charge in [-0.15, -0.1) is 0 Å². The molecule has 2 aromatic rings. The molecular weight excluding hydrogens is 450 g/mol. The molecule has 0 saturated carbocycles. The van der Waals surface area contributed by atoms with E-state index in [0.29, 0.717) is 32.5 Å².